The van der Waals surface area contributed by atoms with Crippen LogP contribution in [0, 0.1) is 0 Å². The van der Waals surface area contributed by atoms with Crippen molar-refractivity contribution >= 4 is 5.97 Å². The van der Waals surface area contributed by atoms with Gasteiger partial charge in [-0.05, 0) is 31.2 Å². The van der Waals surface area contributed by atoms with E-state index in [9.17, 15) is 4.79 Å². The minimum Gasteiger partial charge on any atom is -0.466 e. The van der Waals surface area contributed by atoms with Crippen LogP contribution in [0.4, 0.5) is 0 Å². The number of aryl methyl sites for hydroxylation is 2. The molecule has 2 rings (SSSR count). The number of benzene rings is 1. The molecule has 0 atom stereocenters. The molecule has 0 aliphatic carbocycles. The predicted molar refractivity (Wildman–Crippen MR) is 77.2 cm³/mol. The van der Waals surface area contributed by atoms with Gasteiger partial charge < -0.3 is 9.72 Å². The summed E-state index contributed by atoms with van der Waals surface area (Å²) in [6.07, 6.45) is 7.38. The zero-order valence-electron chi connectivity index (χ0n) is 11.5. The Labute approximate surface area is 119 Å². The second kappa shape index (κ2) is 8.15. The zero-order valence-corrected chi connectivity index (χ0v) is 11.5. The molecule has 0 saturated heterocycles. The molecule has 1 aromatic heterocycles. The number of aromatic nitrogens is 2. The van der Waals surface area contributed by atoms with Crippen molar-refractivity contribution in [3.05, 3.63) is 54.1 Å². The van der Waals surface area contributed by atoms with Crippen LogP contribution < -0.4 is 0 Å². The van der Waals surface area contributed by atoms with E-state index in [1.807, 2.05) is 18.2 Å². The van der Waals surface area contributed by atoms with E-state index in [1.54, 1.807) is 12.5 Å². The number of imidazole rings is 1. The first-order valence-electron chi connectivity index (χ1n) is 7.01. The van der Waals surface area contributed by atoms with Gasteiger partial charge in [-0.1, -0.05) is 30.3 Å². The van der Waals surface area contributed by atoms with E-state index in [2.05, 4.69) is 22.1 Å². The normalized spacial score (nSPS) is 10.4. The van der Waals surface area contributed by atoms with E-state index in [4.69, 9.17) is 4.74 Å². The molecule has 0 unspecified atom stereocenters. The summed E-state index contributed by atoms with van der Waals surface area (Å²) in [5.41, 5.74) is 2.34. The van der Waals surface area contributed by atoms with Gasteiger partial charge in [0.25, 0.3) is 0 Å². The number of aromatic amines is 1. The number of esters is 1. The molecule has 106 valence electrons. The molecule has 0 bridgehead atoms. The van der Waals surface area contributed by atoms with Crippen LogP contribution in [0.1, 0.15) is 30.5 Å². The summed E-state index contributed by atoms with van der Waals surface area (Å²) in [4.78, 5) is 18.5. The minimum absolute atomic E-state index is 0.106. The van der Waals surface area contributed by atoms with Gasteiger partial charge in [-0.25, -0.2) is 4.98 Å². The number of hydrogen-bond donors (Lipinski definition) is 1. The first-order valence-corrected chi connectivity index (χ1v) is 7.01. The number of rotatable bonds is 8. The van der Waals surface area contributed by atoms with E-state index in [-0.39, 0.29) is 5.97 Å². The Balaban J connectivity index is 1.52. The Bertz CT molecular complexity index is 494. The number of hydrogen-bond acceptors (Lipinski definition) is 3. The molecular formula is C16H20N2O2. The molecule has 0 saturated carbocycles. The van der Waals surface area contributed by atoms with E-state index < -0.39 is 0 Å². The molecule has 4 nitrogen and oxygen atoms in total. The van der Waals surface area contributed by atoms with Crippen LogP contribution in [-0.2, 0) is 22.4 Å². The number of carbonyl (C=O) groups is 1. The Morgan fingerprint density at radius 1 is 1.15 bits per heavy atom. The van der Waals surface area contributed by atoms with Gasteiger partial charge in [0.05, 0.1) is 12.9 Å². The third-order valence-corrected chi connectivity index (χ3v) is 3.10. The maximum Gasteiger partial charge on any atom is 0.305 e. The lowest BCUT2D eigenvalue weighted by molar-refractivity contribution is -0.143. The molecule has 20 heavy (non-hydrogen) atoms. The third-order valence-electron chi connectivity index (χ3n) is 3.10. The maximum absolute atomic E-state index is 11.6. The van der Waals surface area contributed by atoms with E-state index >= 15 is 0 Å². The molecule has 2 aromatic rings. The SMILES string of the molecule is O=C(CCCc1ccccc1)OCCCc1cnc[nH]1. The van der Waals surface area contributed by atoms with Crippen molar-refractivity contribution in [2.45, 2.75) is 32.1 Å². The van der Waals surface area contributed by atoms with E-state index in [0.29, 0.717) is 13.0 Å². The Hall–Kier alpha value is -2.10. The lowest BCUT2D eigenvalue weighted by Gasteiger charge is -2.04. The quantitative estimate of drug-likeness (QED) is 0.594. The highest BCUT2D eigenvalue weighted by Gasteiger charge is 2.03. The molecule has 1 aromatic carbocycles. The molecule has 0 aliphatic rings. The standard InChI is InChI=1S/C16H20N2O2/c19-16(10-4-8-14-6-2-1-3-7-14)20-11-5-9-15-12-17-13-18-15/h1-3,6-7,12-13H,4-5,8-11H2,(H,17,18). The number of ether oxygens (including phenoxy) is 1. The number of carbonyl (C=O) groups excluding carboxylic acids is 1. The maximum atomic E-state index is 11.6. The summed E-state index contributed by atoms with van der Waals surface area (Å²) in [5.74, 6) is -0.106. The topological polar surface area (TPSA) is 55.0 Å². The van der Waals surface area contributed by atoms with Crippen LogP contribution in [0.15, 0.2) is 42.9 Å². The summed E-state index contributed by atoms with van der Waals surface area (Å²) in [6, 6.07) is 10.2. The lowest BCUT2D eigenvalue weighted by atomic mass is 10.1. The van der Waals surface area contributed by atoms with Crippen LogP contribution in [0.5, 0.6) is 0 Å². The van der Waals surface area contributed by atoms with Gasteiger partial charge in [0.2, 0.25) is 0 Å². The zero-order chi connectivity index (χ0) is 14.0. The van der Waals surface area contributed by atoms with Gasteiger partial charge >= 0.3 is 5.97 Å². The van der Waals surface area contributed by atoms with Crippen molar-refractivity contribution in [3.8, 4) is 0 Å². The number of H-pyrrole nitrogens is 1. The Morgan fingerprint density at radius 2 is 2.00 bits per heavy atom. The highest BCUT2D eigenvalue weighted by atomic mass is 16.5. The van der Waals surface area contributed by atoms with Gasteiger partial charge in [-0.15, -0.1) is 0 Å². The average molecular weight is 272 g/mol. The summed E-state index contributed by atoms with van der Waals surface area (Å²) in [6.45, 7) is 0.475. The van der Waals surface area contributed by atoms with Gasteiger partial charge in [0, 0.05) is 18.3 Å². The van der Waals surface area contributed by atoms with Crippen LogP contribution in [0.25, 0.3) is 0 Å². The molecule has 0 radical (unpaired) electrons. The van der Waals surface area contributed by atoms with E-state index in [1.165, 1.54) is 5.56 Å². The average Bonchev–Trinajstić information content (AvgIpc) is 2.98. The molecule has 0 fully saturated rings. The fourth-order valence-electron chi connectivity index (χ4n) is 2.02. The minimum atomic E-state index is -0.106. The van der Waals surface area contributed by atoms with Gasteiger partial charge in [-0.2, -0.15) is 0 Å². The fourth-order valence-corrected chi connectivity index (χ4v) is 2.02. The molecular weight excluding hydrogens is 252 g/mol. The van der Waals surface area contributed by atoms with Gasteiger partial charge in [-0.3, -0.25) is 4.79 Å². The molecule has 1 N–H and O–H groups in total. The van der Waals surface area contributed by atoms with Crippen LogP contribution >= 0.6 is 0 Å². The van der Waals surface area contributed by atoms with Gasteiger partial charge in [0.1, 0.15) is 0 Å². The summed E-state index contributed by atoms with van der Waals surface area (Å²) in [7, 11) is 0. The summed E-state index contributed by atoms with van der Waals surface area (Å²) < 4.78 is 5.21. The Kier molecular flexibility index (Phi) is 5.83. The second-order valence-electron chi connectivity index (χ2n) is 4.74. The first kappa shape index (κ1) is 14.3. The first-order chi connectivity index (χ1) is 9.84. The highest BCUT2D eigenvalue weighted by Crippen LogP contribution is 2.05. The van der Waals surface area contributed by atoms with Crippen LogP contribution in [0.3, 0.4) is 0 Å². The van der Waals surface area contributed by atoms with Crippen molar-refractivity contribution in [2.24, 2.45) is 0 Å². The van der Waals surface area contributed by atoms with Crippen LogP contribution in [-0.4, -0.2) is 22.5 Å². The van der Waals surface area contributed by atoms with Gasteiger partial charge in [0.15, 0.2) is 0 Å². The third kappa shape index (κ3) is 5.26. The molecule has 4 heteroatoms. The molecule has 0 spiro atoms. The molecule has 0 aliphatic heterocycles. The van der Waals surface area contributed by atoms with Crippen molar-refractivity contribution in [2.75, 3.05) is 6.61 Å². The predicted octanol–water partition coefficient (Wildman–Crippen LogP) is 2.91. The highest BCUT2D eigenvalue weighted by molar-refractivity contribution is 5.69. The summed E-state index contributed by atoms with van der Waals surface area (Å²) in [5, 5.41) is 0. The monoisotopic (exact) mass is 272 g/mol. The van der Waals surface area contributed by atoms with Crippen LogP contribution in [0.2, 0.25) is 0 Å². The second-order valence-corrected chi connectivity index (χ2v) is 4.74. The lowest BCUT2D eigenvalue weighted by Crippen LogP contribution is -2.07. The number of nitrogens with one attached hydrogen (secondary N) is 1. The van der Waals surface area contributed by atoms with Crippen molar-refractivity contribution in [1.82, 2.24) is 9.97 Å². The Morgan fingerprint density at radius 3 is 2.75 bits per heavy atom. The van der Waals surface area contributed by atoms with Crippen molar-refractivity contribution in [3.63, 3.8) is 0 Å². The summed E-state index contributed by atoms with van der Waals surface area (Å²) >= 11 is 0. The number of nitrogens with zero attached hydrogens (tertiary/aromatic N) is 1. The molecule has 1 heterocycles. The largest absolute Gasteiger partial charge is 0.466 e. The molecule has 0 amide bonds. The smallest absolute Gasteiger partial charge is 0.305 e. The van der Waals surface area contributed by atoms with Crippen molar-refractivity contribution < 1.29 is 9.53 Å². The van der Waals surface area contributed by atoms with E-state index in [0.717, 1.165) is 31.4 Å². The fraction of sp³-hybridized carbons (Fsp3) is 0.375. The van der Waals surface area contributed by atoms with Crippen molar-refractivity contribution in [1.29, 1.82) is 0 Å².